The third-order valence-electron chi connectivity index (χ3n) is 7.08. The number of rotatable bonds is 31. The summed E-state index contributed by atoms with van der Waals surface area (Å²) in [5.41, 5.74) is 0. The van der Waals surface area contributed by atoms with Crippen molar-refractivity contribution in [1.29, 1.82) is 0 Å². The standard InChI is InChI=1S/C36H63O8P/c1-3-5-7-9-11-13-15-17-18-19-21-23-25-27-29-31-36(38)44-34(33-43-45(39,40)41)32-42-35(37)30-28-26-24-22-20-16-14-12-10-8-6-4-2/h5,7,11-14,17-18,34H,3-4,6,8-10,15-16,19-33H2,1-2H3,(H2,39,40,41)/b7-5+,13-11+,14-12+,18-17+/t34-/m1/s1. The quantitative estimate of drug-likeness (QED) is 0.0328. The molecule has 2 N–H and O–H groups in total. The highest BCUT2D eigenvalue weighted by molar-refractivity contribution is 7.46. The molecule has 0 radical (unpaired) electrons. The first-order valence-electron chi connectivity index (χ1n) is 17.4. The van der Waals surface area contributed by atoms with Crippen molar-refractivity contribution in [2.24, 2.45) is 0 Å². The van der Waals surface area contributed by atoms with Gasteiger partial charge in [-0.3, -0.25) is 14.1 Å². The van der Waals surface area contributed by atoms with Crippen LogP contribution in [-0.4, -0.2) is 41.0 Å². The van der Waals surface area contributed by atoms with E-state index in [1.165, 1.54) is 19.3 Å². The minimum Gasteiger partial charge on any atom is -0.462 e. The van der Waals surface area contributed by atoms with Gasteiger partial charge in [-0.25, -0.2) is 4.57 Å². The molecule has 0 aromatic rings. The van der Waals surface area contributed by atoms with E-state index in [0.717, 1.165) is 89.9 Å². The molecule has 0 aliphatic heterocycles. The van der Waals surface area contributed by atoms with Crippen LogP contribution in [0.5, 0.6) is 0 Å². The van der Waals surface area contributed by atoms with E-state index < -0.39 is 32.5 Å². The topological polar surface area (TPSA) is 119 Å². The van der Waals surface area contributed by atoms with Gasteiger partial charge in [0.25, 0.3) is 0 Å². The van der Waals surface area contributed by atoms with Crippen LogP contribution in [0.4, 0.5) is 0 Å². The highest BCUT2D eigenvalue weighted by atomic mass is 31.2. The predicted molar refractivity (Wildman–Crippen MR) is 184 cm³/mol. The maximum atomic E-state index is 12.3. The van der Waals surface area contributed by atoms with E-state index in [-0.39, 0.29) is 19.4 Å². The number of hydrogen-bond acceptors (Lipinski definition) is 6. The molecule has 260 valence electrons. The Morgan fingerprint density at radius 3 is 1.62 bits per heavy atom. The second-order valence-corrected chi connectivity index (χ2v) is 12.7. The van der Waals surface area contributed by atoms with Gasteiger partial charge in [0.1, 0.15) is 6.61 Å². The van der Waals surface area contributed by atoms with Gasteiger partial charge in [-0.15, -0.1) is 0 Å². The first-order valence-corrected chi connectivity index (χ1v) is 19.0. The third-order valence-corrected chi connectivity index (χ3v) is 7.57. The van der Waals surface area contributed by atoms with Crippen molar-refractivity contribution in [2.45, 2.75) is 155 Å². The Morgan fingerprint density at radius 1 is 0.600 bits per heavy atom. The zero-order chi connectivity index (χ0) is 33.3. The fourth-order valence-electron chi connectivity index (χ4n) is 4.50. The van der Waals surface area contributed by atoms with Crippen molar-refractivity contribution in [1.82, 2.24) is 0 Å². The molecule has 45 heavy (non-hydrogen) atoms. The molecule has 9 heteroatoms. The summed E-state index contributed by atoms with van der Waals surface area (Å²) in [7, 11) is -4.75. The average Bonchev–Trinajstić information content (AvgIpc) is 3.00. The second kappa shape index (κ2) is 32.0. The van der Waals surface area contributed by atoms with E-state index >= 15 is 0 Å². The number of allylic oxidation sites excluding steroid dienone is 8. The number of ether oxygens (including phenoxy) is 2. The first-order chi connectivity index (χ1) is 21.8. The van der Waals surface area contributed by atoms with Crippen molar-refractivity contribution in [3.8, 4) is 0 Å². The smallest absolute Gasteiger partial charge is 0.462 e. The van der Waals surface area contributed by atoms with E-state index in [4.69, 9.17) is 19.3 Å². The molecule has 0 saturated carbocycles. The van der Waals surface area contributed by atoms with Crippen LogP contribution in [0, 0.1) is 0 Å². The van der Waals surface area contributed by atoms with Gasteiger partial charge in [-0.2, -0.15) is 0 Å². The van der Waals surface area contributed by atoms with Gasteiger partial charge in [0.2, 0.25) is 0 Å². The predicted octanol–water partition coefficient (Wildman–Crippen LogP) is 10.0. The van der Waals surface area contributed by atoms with Crippen LogP contribution in [0.1, 0.15) is 149 Å². The summed E-state index contributed by atoms with van der Waals surface area (Å²) in [5, 5.41) is 0. The fourth-order valence-corrected chi connectivity index (χ4v) is 4.86. The van der Waals surface area contributed by atoms with E-state index in [9.17, 15) is 14.2 Å². The monoisotopic (exact) mass is 654 g/mol. The van der Waals surface area contributed by atoms with Crippen LogP contribution in [-0.2, 0) is 28.2 Å². The molecule has 0 rings (SSSR count). The van der Waals surface area contributed by atoms with E-state index in [1.54, 1.807) is 0 Å². The van der Waals surface area contributed by atoms with E-state index in [2.05, 4.69) is 67.0 Å². The second-order valence-electron chi connectivity index (χ2n) is 11.5. The number of phosphoric ester groups is 1. The number of phosphoric acid groups is 1. The van der Waals surface area contributed by atoms with Crippen molar-refractivity contribution in [2.75, 3.05) is 13.2 Å². The highest BCUT2D eigenvalue weighted by Gasteiger charge is 2.22. The number of unbranched alkanes of at least 4 members (excludes halogenated alkanes) is 13. The van der Waals surface area contributed by atoms with Crippen LogP contribution >= 0.6 is 7.82 Å². The van der Waals surface area contributed by atoms with Gasteiger partial charge < -0.3 is 19.3 Å². The Morgan fingerprint density at radius 2 is 1.07 bits per heavy atom. The summed E-state index contributed by atoms with van der Waals surface area (Å²) in [6.45, 7) is 3.50. The highest BCUT2D eigenvalue weighted by Crippen LogP contribution is 2.35. The number of carbonyl (C=O) groups is 2. The lowest BCUT2D eigenvalue weighted by Crippen LogP contribution is -2.29. The Balaban J connectivity index is 4.06. The summed E-state index contributed by atoms with van der Waals surface area (Å²) < 4.78 is 26.2. The molecule has 0 bridgehead atoms. The molecule has 0 spiro atoms. The summed E-state index contributed by atoms with van der Waals surface area (Å²) in [4.78, 5) is 42.6. The molecule has 0 aliphatic carbocycles. The fraction of sp³-hybridized carbons (Fsp3) is 0.722. The van der Waals surface area contributed by atoms with Gasteiger partial charge in [-0.1, -0.05) is 114 Å². The zero-order valence-corrected chi connectivity index (χ0v) is 29.1. The molecule has 8 nitrogen and oxygen atoms in total. The van der Waals surface area contributed by atoms with Crippen molar-refractivity contribution in [3.63, 3.8) is 0 Å². The van der Waals surface area contributed by atoms with Crippen LogP contribution in [0.2, 0.25) is 0 Å². The zero-order valence-electron chi connectivity index (χ0n) is 28.3. The lowest BCUT2D eigenvalue weighted by atomic mass is 10.1. The summed E-state index contributed by atoms with van der Waals surface area (Å²) in [5.74, 6) is -0.921. The molecule has 0 fully saturated rings. The normalized spacial score (nSPS) is 13.1. The maximum absolute atomic E-state index is 12.3. The van der Waals surface area contributed by atoms with Crippen LogP contribution in [0.15, 0.2) is 48.6 Å². The Hall–Kier alpha value is -1.99. The largest absolute Gasteiger partial charge is 0.469 e. The van der Waals surface area contributed by atoms with E-state index in [0.29, 0.717) is 12.8 Å². The molecular weight excluding hydrogens is 591 g/mol. The van der Waals surface area contributed by atoms with Gasteiger partial charge in [-0.05, 0) is 70.6 Å². The number of hydrogen-bond donors (Lipinski definition) is 2. The van der Waals surface area contributed by atoms with Gasteiger partial charge in [0.05, 0.1) is 6.61 Å². The summed E-state index contributed by atoms with van der Waals surface area (Å²) in [6, 6.07) is 0. The van der Waals surface area contributed by atoms with Crippen LogP contribution in [0.25, 0.3) is 0 Å². The summed E-state index contributed by atoms with van der Waals surface area (Å²) >= 11 is 0. The molecule has 0 amide bonds. The first kappa shape index (κ1) is 43.0. The molecule has 1 atom stereocenters. The minimum absolute atomic E-state index is 0.189. The lowest BCUT2D eigenvalue weighted by Gasteiger charge is -2.18. The lowest BCUT2D eigenvalue weighted by molar-refractivity contribution is -0.161. The van der Waals surface area contributed by atoms with Gasteiger partial charge >= 0.3 is 19.8 Å². The maximum Gasteiger partial charge on any atom is 0.469 e. The molecule has 0 aliphatic rings. The molecular formula is C36H63O8P. The van der Waals surface area contributed by atoms with Crippen molar-refractivity contribution in [3.05, 3.63) is 48.6 Å². The number of esters is 2. The van der Waals surface area contributed by atoms with Gasteiger partial charge in [0.15, 0.2) is 6.10 Å². The van der Waals surface area contributed by atoms with Crippen LogP contribution in [0.3, 0.4) is 0 Å². The summed E-state index contributed by atoms with van der Waals surface area (Å²) in [6.07, 6.45) is 36.9. The van der Waals surface area contributed by atoms with Crippen molar-refractivity contribution >= 4 is 19.8 Å². The van der Waals surface area contributed by atoms with Gasteiger partial charge in [0, 0.05) is 12.8 Å². The van der Waals surface area contributed by atoms with Crippen LogP contribution < -0.4 is 0 Å². The molecule has 0 aromatic carbocycles. The molecule has 0 unspecified atom stereocenters. The SMILES string of the molecule is CC/C=C/C/C=C/C/C=C/CCCCCCCC(=O)O[C@H](COC(=O)CCCCCCC/C=C/CCCCC)COP(=O)(O)O. The number of carbonyl (C=O) groups excluding carboxylic acids is 2. The molecule has 0 heterocycles. The Bertz CT molecular complexity index is 874. The third kappa shape index (κ3) is 34.7. The Kier molecular flexibility index (Phi) is 30.6. The minimum atomic E-state index is -4.75. The molecule has 0 saturated heterocycles. The van der Waals surface area contributed by atoms with Crippen molar-refractivity contribution < 1.29 is 37.9 Å². The average molecular weight is 655 g/mol. The molecule has 0 aromatic heterocycles. The van der Waals surface area contributed by atoms with E-state index in [1.807, 2.05) is 0 Å². The Labute approximate surface area is 274 Å².